The van der Waals surface area contributed by atoms with Crippen molar-refractivity contribution in [2.75, 3.05) is 19.7 Å². The normalized spacial score (nSPS) is 18.4. The van der Waals surface area contributed by atoms with Crippen LogP contribution in [0.3, 0.4) is 0 Å². The molecule has 0 spiro atoms. The van der Waals surface area contributed by atoms with Gasteiger partial charge in [0.05, 0.1) is 10.5 Å². The topological polar surface area (TPSA) is 83.7 Å². The maximum atomic E-state index is 14.0. The van der Waals surface area contributed by atoms with Gasteiger partial charge in [-0.2, -0.15) is 0 Å². The van der Waals surface area contributed by atoms with E-state index in [1.807, 2.05) is 0 Å². The molecule has 0 bridgehead atoms. The SMILES string of the molecule is Cc1cc([N+](=O)[O-])cc(C(=O)N2CCC(CO)C2)c1F. The summed E-state index contributed by atoms with van der Waals surface area (Å²) in [5.41, 5.74) is -0.513. The Labute approximate surface area is 115 Å². The first kappa shape index (κ1) is 14.4. The lowest BCUT2D eigenvalue weighted by Gasteiger charge is -2.17. The summed E-state index contributed by atoms with van der Waals surface area (Å²) in [6, 6.07) is 2.07. The van der Waals surface area contributed by atoms with Gasteiger partial charge in [0, 0.05) is 37.7 Å². The number of rotatable bonds is 3. The van der Waals surface area contributed by atoms with Gasteiger partial charge < -0.3 is 10.0 Å². The number of hydrogen-bond donors (Lipinski definition) is 1. The van der Waals surface area contributed by atoms with Crippen LogP contribution in [0.4, 0.5) is 10.1 Å². The van der Waals surface area contributed by atoms with E-state index in [0.717, 1.165) is 12.1 Å². The molecule has 1 N–H and O–H groups in total. The van der Waals surface area contributed by atoms with Gasteiger partial charge in [-0.1, -0.05) is 0 Å². The maximum Gasteiger partial charge on any atom is 0.270 e. The van der Waals surface area contributed by atoms with Gasteiger partial charge in [0.1, 0.15) is 5.82 Å². The highest BCUT2D eigenvalue weighted by Gasteiger charge is 2.29. The second kappa shape index (κ2) is 5.54. The molecule has 1 aliphatic heterocycles. The number of likely N-dealkylation sites (tertiary alicyclic amines) is 1. The lowest BCUT2D eigenvalue weighted by Crippen LogP contribution is -2.30. The summed E-state index contributed by atoms with van der Waals surface area (Å²) >= 11 is 0. The maximum absolute atomic E-state index is 14.0. The number of aryl methyl sites for hydroxylation is 1. The first-order chi connectivity index (χ1) is 9.43. The van der Waals surface area contributed by atoms with Gasteiger partial charge in [0.2, 0.25) is 0 Å². The molecule has 0 saturated carbocycles. The van der Waals surface area contributed by atoms with Crippen molar-refractivity contribution in [1.82, 2.24) is 4.90 Å². The van der Waals surface area contributed by atoms with Crippen LogP contribution in [0.1, 0.15) is 22.3 Å². The second-order valence-electron chi connectivity index (χ2n) is 4.97. The number of non-ortho nitro benzene ring substituents is 1. The molecule has 1 saturated heterocycles. The molecule has 0 aromatic heterocycles. The number of aliphatic hydroxyl groups is 1. The Morgan fingerprint density at radius 1 is 1.60 bits per heavy atom. The summed E-state index contributed by atoms with van der Waals surface area (Å²) in [5.74, 6) is -1.31. The third-order valence-electron chi connectivity index (χ3n) is 3.51. The van der Waals surface area contributed by atoms with Crippen molar-refractivity contribution < 1.29 is 19.2 Å². The number of benzene rings is 1. The Bertz CT molecular complexity index is 562. The molecule has 1 aromatic carbocycles. The second-order valence-corrected chi connectivity index (χ2v) is 4.97. The molecule has 1 aromatic rings. The van der Waals surface area contributed by atoms with Gasteiger partial charge in [-0.3, -0.25) is 14.9 Å². The lowest BCUT2D eigenvalue weighted by atomic mass is 10.1. The van der Waals surface area contributed by atoms with E-state index < -0.39 is 16.6 Å². The van der Waals surface area contributed by atoms with Gasteiger partial charge in [0.25, 0.3) is 11.6 Å². The highest BCUT2D eigenvalue weighted by Crippen LogP contribution is 2.24. The molecule has 20 heavy (non-hydrogen) atoms. The molecule has 6 nitrogen and oxygen atoms in total. The van der Waals surface area contributed by atoms with Crippen molar-refractivity contribution in [3.05, 3.63) is 39.2 Å². The van der Waals surface area contributed by atoms with E-state index in [0.29, 0.717) is 19.5 Å². The van der Waals surface area contributed by atoms with Crippen molar-refractivity contribution >= 4 is 11.6 Å². The molecule has 2 rings (SSSR count). The summed E-state index contributed by atoms with van der Waals surface area (Å²) in [7, 11) is 0. The van der Waals surface area contributed by atoms with Crippen LogP contribution < -0.4 is 0 Å². The lowest BCUT2D eigenvalue weighted by molar-refractivity contribution is -0.385. The fourth-order valence-electron chi connectivity index (χ4n) is 2.35. The highest BCUT2D eigenvalue weighted by atomic mass is 19.1. The van der Waals surface area contributed by atoms with E-state index in [1.165, 1.54) is 11.8 Å². The summed E-state index contributed by atoms with van der Waals surface area (Å²) in [5, 5.41) is 19.8. The Balaban J connectivity index is 2.32. The van der Waals surface area contributed by atoms with Gasteiger partial charge in [-0.15, -0.1) is 0 Å². The van der Waals surface area contributed by atoms with Gasteiger partial charge >= 0.3 is 0 Å². The van der Waals surface area contributed by atoms with E-state index in [9.17, 15) is 19.3 Å². The molecule has 1 atom stereocenters. The first-order valence-electron chi connectivity index (χ1n) is 6.28. The molecule has 1 fully saturated rings. The molecule has 1 heterocycles. The number of aliphatic hydroxyl groups excluding tert-OH is 1. The molecule has 108 valence electrons. The minimum atomic E-state index is -0.729. The van der Waals surface area contributed by atoms with Crippen LogP contribution in [-0.4, -0.2) is 40.5 Å². The molecule has 1 unspecified atom stereocenters. The van der Waals surface area contributed by atoms with Crippen LogP contribution in [0.5, 0.6) is 0 Å². The van der Waals surface area contributed by atoms with Crippen molar-refractivity contribution in [1.29, 1.82) is 0 Å². The van der Waals surface area contributed by atoms with Crippen LogP contribution >= 0.6 is 0 Å². The van der Waals surface area contributed by atoms with Crippen LogP contribution in [0, 0.1) is 28.8 Å². The van der Waals surface area contributed by atoms with Gasteiger partial charge in [0.15, 0.2) is 0 Å². The van der Waals surface area contributed by atoms with Crippen molar-refractivity contribution in [3.8, 4) is 0 Å². The average Bonchev–Trinajstić information content (AvgIpc) is 2.89. The third kappa shape index (κ3) is 2.62. The number of nitro groups is 1. The fraction of sp³-hybridized carbons (Fsp3) is 0.462. The number of hydrogen-bond acceptors (Lipinski definition) is 4. The largest absolute Gasteiger partial charge is 0.396 e. The molecular weight excluding hydrogens is 267 g/mol. The zero-order valence-corrected chi connectivity index (χ0v) is 11.0. The summed E-state index contributed by atoms with van der Waals surface area (Å²) in [4.78, 5) is 23.8. The smallest absolute Gasteiger partial charge is 0.270 e. The van der Waals surface area contributed by atoms with E-state index >= 15 is 0 Å². The number of carbonyl (C=O) groups excluding carboxylic acids is 1. The van der Waals surface area contributed by atoms with E-state index in [1.54, 1.807) is 0 Å². The number of carbonyl (C=O) groups is 1. The predicted molar refractivity (Wildman–Crippen MR) is 68.9 cm³/mol. The molecule has 1 amide bonds. The van der Waals surface area contributed by atoms with Gasteiger partial charge in [-0.05, 0) is 18.9 Å². The van der Waals surface area contributed by atoms with Crippen LogP contribution in [0.25, 0.3) is 0 Å². The Morgan fingerprint density at radius 3 is 2.85 bits per heavy atom. The van der Waals surface area contributed by atoms with Crippen LogP contribution in [0.2, 0.25) is 0 Å². The first-order valence-corrected chi connectivity index (χ1v) is 6.28. The Morgan fingerprint density at radius 2 is 2.30 bits per heavy atom. The Hall–Kier alpha value is -2.02. The van der Waals surface area contributed by atoms with Crippen molar-refractivity contribution in [2.45, 2.75) is 13.3 Å². The molecule has 7 heteroatoms. The summed E-state index contributed by atoms with van der Waals surface area (Å²) < 4.78 is 14.0. The van der Waals surface area contributed by atoms with Crippen LogP contribution in [-0.2, 0) is 0 Å². The van der Waals surface area contributed by atoms with Crippen molar-refractivity contribution in [2.24, 2.45) is 5.92 Å². The minimum Gasteiger partial charge on any atom is -0.396 e. The van der Waals surface area contributed by atoms with E-state index in [-0.39, 0.29) is 29.3 Å². The quantitative estimate of drug-likeness (QED) is 0.672. The molecule has 1 aliphatic rings. The third-order valence-corrected chi connectivity index (χ3v) is 3.51. The highest BCUT2D eigenvalue weighted by molar-refractivity contribution is 5.95. The Kier molecular flexibility index (Phi) is 3.99. The van der Waals surface area contributed by atoms with Crippen molar-refractivity contribution in [3.63, 3.8) is 0 Å². The van der Waals surface area contributed by atoms with Gasteiger partial charge in [-0.25, -0.2) is 4.39 Å². The fourth-order valence-corrected chi connectivity index (χ4v) is 2.35. The monoisotopic (exact) mass is 282 g/mol. The zero-order valence-electron chi connectivity index (χ0n) is 11.0. The van der Waals surface area contributed by atoms with Crippen LogP contribution in [0.15, 0.2) is 12.1 Å². The molecule has 0 aliphatic carbocycles. The number of nitro benzene ring substituents is 1. The predicted octanol–water partition coefficient (Wildman–Crippen LogP) is 1.50. The van der Waals surface area contributed by atoms with E-state index in [4.69, 9.17) is 5.11 Å². The standard InChI is InChI=1S/C13H15FN2O4/c1-8-4-10(16(19)20)5-11(12(8)14)13(18)15-3-2-9(6-15)7-17/h4-5,9,17H,2-3,6-7H2,1H3. The average molecular weight is 282 g/mol. The summed E-state index contributed by atoms with van der Waals surface area (Å²) in [6.07, 6.45) is 0.651. The zero-order chi connectivity index (χ0) is 14.9. The molecule has 0 radical (unpaired) electrons. The summed E-state index contributed by atoms with van der Waals surface area (Å²) in [6.45, 7) is 2.13. The number of halogens is 1. The van der Waals surface area contributed by atoms with E-state index in [2.05, 4.69) is 0 Å². The minimum absolute atomic E-state index is 0.0122. The number of amides is 1. The number of nitrogens with zero attached hydrogens (tertiary/aromatic N) is 2. The molecular formula is C13H15FN2O4.